The molecule has 0 aliphatic rings. The van der Waals surface area contributed by atoms with E-state index in [4.69, 9.17) is 5.11 Å². The van der Waals surface area contributed by atoms with Crippen LogP contribution in [0.25, 0.3) is 0 Å². The molecule has 0 fully saturated rings. The van der Waals surface area contributed by atoms with Crippen LogP contribution in [-0.2, 0) is 9.59 Å². The lowest BCUT2D eigenvalue weighted by Gasteiger charge is -2.17. The fourth-order valence-corrected chi connectivity index (χ4v) is 1.74. The van der Waals surface area contributed by atoms with Crippen molar-refractivity contribution in [2.45, 2.75) is 26.8 Å². The number of anilines is 1. The van der Waals surface area contributed by atoms with E-state index in [9.17, 15) is 9.59 Å². The fourth-order valence-electron chi connectivity index (χ4n) is 1.74. The van der Waals surface area contributed by atoms with Gasteiger partial charge in [0.1, 0.15) is 6.04 Å². The molecule has 19 heavy (non-hydrogen) atoms. The summed E-state index contributed by atoms with van der Waals surface area (Å²) >= 11 is 0. The molecule has 1 atom stereocenters. The van der Waals surface area contributed by atoms with Gasteiger partial charge < -0.3 is 10.4 Å². The Bertz CT molecular complexity index is 458. The number of nitrogens with one attached hydrogen (secondary N) is 2. The number of hydrogen-bond donors (Lipinski definition) is 3. The van der Waals surface area contributed by atoms with E-state index < -0.39 is 12.0 Å². The number of carboxylic acid groups (broad SMARTS) is 1. The lowest BCUT2D eigenvalue weighted by molar-refractivity contribution is -0.140. The lowest BCUT2D eigenvalue weighted by atomic mass is 10.1. The van der Waals surface area contributed by atoms with Gasteiger partial charge in [-0.05, 0) is 30.5 Å². The van der Waals surface area contributed by atoms with Crippen molar-refractivity contribution in [3.63, 3.8) is 0 Å². The zero-order chi connectivity index (χ0) is 14.4. The summed E-state index contributed by atoms with van der Waals surface area (Å²) in [5.74, 6) is -1.28. The molecule has 0 saturated heterocycles. The second kappa shape index (κ2) is 6.89. The fraction of sp³-hybridized carbons (Fsp3) is 0.429. The molecule has 0 aliphatic carbocycles. The van der Waals surface area contributed by atoms with Crippen molar-refractivity contribution in [2.24, 2.45) is 5.92 Å². The number of rotatable bonds is 6. The van der Waals surface area contributed by atoms with Crippen LogP contribution in [0, 0.1) is 12.8 Å². The molecule has 0 bridgehead atoms. The smallest absolute Gasteiger partial charge is 0.320 e. The predicted octanol–water partition coefficient (Wildman–Crippen LogP) is 1.63. The molecule has 0 heterocycles. The summed E-state index contributed by atoms with van der Waals surface area (Å²) in [5, 5.41) is 14.5. The molecule has 1 amide bonds. The van der Waals surface area contributed by atoms with E-state index in [0.29, 0.717) is 5.69 Å². The van der Waals surface area contributed by atoms with Gasteiger partial charge in [0.25, 0.3) is 0 Å². The van der Waals surface area contributed by atoms with Crippen LogP contribution in [0.1, 0.15) is 19.4 Å². The lowest BCUT2D eigenvalue weighted by Crippen LogP contribution is -2.44. The topological polar surface area (TPSA) is 78.4 Å². The van der Waals surface area contributed by atoms with Gasteiger partial charge in [-0.3, -0.25) is 14.9 Å². The van der Waals surface area contributed by atoms with Crippen molar-refractivity contribution < 1.29 is 14.7 Å². The minimum atomic E-state index is -0.946. The van der Waals surface area contributed by atoms with Gasteiger partial charge in [-0.1, -0.05) is 26.0 Å². The number of carboxylic acids is 1. The normalized spacial score (nSPS) is 12.2. The van der Waals surface area contributed by atoms with Gasteiger partial charge in [0.2, 0.25) is 5.91 Å². The van der Waals surface area contributed by atoms with Crippen molar-refractivity contribution in [1.82, 2.24) is 5.32 Å². The number of carbonyl (C=O) groups excluding carboxylic acids is 1. The van der Waals surface area contributed by atoms with Crippen LogP contribution in [0.4, 0.5) is 5.69 Å². The quantitative estimate of drug-likeness (QED) is 0.729. The van der Waals surface area contributed by atoms with E-state index in [1.807, 2.05) is 25.1 Å². The largest absolute Gasteiger partial charge is 0.480 e. The number of benzene rings is 1. The minimum Gasteiger partial charge on any atom is -0.480 e. The monoisotopic (exact) mass is 264 g/mol. The van der Waals surface area contributed by atoms with Crippen LogP contribution in [0.2, 0.25) is 0 Å². The number of aliphatic carboxylic acids is 1. The Balaban J connectivity index is 2.50. The molecule has 104 valence electrons. The van der Waals surface area contributed by atoms with Gasteiger partial charge in [0, 0.05) is 5.69 Å². The summed E-state index contributed by atoms with van der Waals surface area (Å²) in [6, 6.07) is 6.72. The Morgan fingerprint density at radius 3 is 2.53 bits per heavy atom. The van der Waals surface area contributed by atoms with E-state index in [2.05, 4.69) is 10.6 Å². The van der Waals surface area contributed by atoms with Crippen LogP contribution in [0.5, 0.6) is 0 Å². The van der Waals surface area contributed by atoms with Crippen LogP contribution in [-0.4, -0.2) is 29.6 Å². The van der Waals surface area contributed by atoms with E-state index in [0.717, 1.165) is 5.56 Å². The molecule has 0 aliphatic heterocycles. The summed E-state index contributed by atoms with van der Waals surface area (Å²) in [7, 11) is 0. The molecular formula is C14H20N2O3. The van der Waals surface area contributed by atoms with Crippen molar-refractivity contribution in [1.29, 1.82) is 0 Å². The maximum absolute atomic E-state index is 11.7. The summed E-state index contributed by atoms with van der Waals surface area (Å²) in [4.78, 5) is 22.7. The van der Waals surface area contributed by atoms with E-state index in [-0.39, 0.29) is 18.4 Å². The average Bonchev–Trinajstić information content (AvgIpc) is 2.27. The molecule has 3 N–H and O–H groups in total. The maximum atomic E-state index is 11.7. The summed E-state index contributed by atoms with van der Waals surface area (Å²) in [5.41, 5.74) is 1.76. The van der Waals surface area contributed by atoms with E-state index >= 15 is 0 Å². The third-order valence-corrected chi connectivity index (χ3v) is 2.72. The summed E-state index contributed by atoms with van der Waals surface area (Å²) in [6.45, 7) is 5.50. The highest BCUT2D eigenvalue weighted by molar-refractivity contribution is 5.92. The second-order valence-corrected chi connectivity index (χ2v) is 4.86. The Hall–Kier alpha value is -1.88. The van der Waals surface area contributed by atoms with Gasteiger partial charge in [0.05, 0.1) is 6.54 Å². The van der Waals surface area contributed by atoms with E-state index in [1.54, 1.807) is 19.9 Å². The molecular weight excluding hydrogens is 244 g/mol. The molecule has 1 aromatic carbocycles. The number of carbonyl (C=O) groups is 2. The highest BCUT2D eigenvalue weighted by Crippen LogP contribution is 2.09. The van der Waals surface area contributed by atoms with Crippen molar-refractivity contribution >= 4 is 17.6 Å². The number of hydrogen-bond acceptors (Lipinski definition) is 3. The Labute approximate surface area is 113 Å². The highest BCUT2D eigenvalue weighted by Gasteiger charge is 2.21. The zero-order valence-corrected chi connectivity index (χ0v) is 11.4. The molecule has 0 spiro atoms. The molecule has 0 saturated carbocycles. The van der Waals surface area contributed by atoms with Gasteiger partial charge in [-0.25, -0.2) is 0 Å². The Morgan fingerprint density at radius 2 is 2.00 bits per heavy atom. The summed E-state index contributed by atoms with van der Waals surface area (Å²) in [6.07, 6.45) is 0. The predicted molar refractivity (Wildman–Crippen MR) is 74.1 cm³/mol. The molecule has 1 rings (SSSR count). The average molecular weight is 264 g/mol. The Kier molecular flexibility index (Phi) is 5.51. The zero-order valence-electron chi connectivity index (χ0n) is 11.4. The maximum Gasteiger partial charge on any atom is 0.320 e. The first-order chi connectivity index (χ1) is 8.90. The number of amides is 1. The third-order valence-electron chi connectivity index (χ3n) is 2.72. The van der Waals surface area contributed by atoms with Crippen LogP contribution in [0.15, 0.2) is 24.3 Å². The molecule has 0 radical (unpaired) electrons. The minimum absolute atomic E-state index is 0.0247. The first-order valence-corrected chi connectivity index (χ1v) is 6.23. The van der Waals surface area contributed by atoms with Crippen LogP contribution >= 0.6 is 0 Å². The first-order valence-electron chi connectivity index (χ1n) is 6.23. The molecule has 5 heteroatoms. The van der Waals surface area contributed by atoms with Gasteiger partial charge in [-0.15, -0.1) is 0 Å². The van der Waals surface area contributed by atoms with Crippen molar-refractivity contribution in [3.05, 3.63) is 29.8 Å². The van der Waals surface area contributed by atoms with Crippen LogP contribution in [0.3, 0.4) is 0 Å². The molecule has 1 aromatic rings. The molecule has 0 aromatic heterocycles. The Morgan fingerprint density at radius 1 is 1.32 bits per heavy atom. The first kappa shape index (κ1) is 15.2. The second-order valence-electron chi connectivity index (χ2n) is 4.86. The van der Waals surface area contributed by atoms with Gasteiger partial charge in [-0.2, -0.15) is 0 Å². The van der Waals surface area contributed by atoms with Gasteiger partial charge >= 0.3 is 5.97 Å². The SMILES string of the molecule is Cc1cccc(NC(=O)CNC(C(=O)O)C(C)C)c1. The van der Waals surface area contributed by atoms with Crippen LogP contribution < -0.4 is 10.6 Å². The number of aryl methyl sites for hydroxylation is 1. The highest BCUT2D eigenvalue weighted by atomic mass is 16.4. The third kappa shape index (κ3) is 5.09. The standard InChI is InChI=1S/C14H20N2O3/c1-9(2)13(14(18)19)15-8-12(17)16-11-6-4-5-10(3)7-11/h4-7,9,13,15H,8H2,1-3H3,(H,16,17)(H,18,19). The summed E-state index contributed by atoms with van der Waals surface area (Å²) < 4.78 is 0. The van der Waals surface area contributed by atoms with Crippen molar-refractivity contribution in [3.8, 4) is 0 Å². The van der Waals surface area contributed by atoms with Crippen molar-refractivity contribution in [2.75, 3.05) is 11.9 Å². The van der Waals surface area contributed by atoms with Gasteiger partial charge in [0.15, 0.2) is 0 Å². The molecule has 5 nitrogen and oxygen atoms in total. The molecule has 1 unspecified atom stereocenters. The van der Waals surface area contributed by atoms with E-state index in [1.165, 1.54) is 0 Å².